The molecule has 0 fully saturated rings. The molecule has 0 spiro atoms. The van der Waals surface area contributed by atoms with Crippen LogP contribution in [-0.4, -0.2) is 17.8 Å². The summed E-state index contributed by atoms with van der Waals surface area (Å²) in [6.07, 6.45) is -1.70. The van der Waals surface area contributed by atoms with Gasteiger partial charge in [-0.2, -0.15) is 0 Å². The third-order valence-electron chi connectivity index (χ3n) is 1.65. The number of nitrogens with two attached hydrogens (primary N) is 1. The Balaban J connectivity index is 2.65. The fraction of sp³-hybridized carbons (Fsp3) is 0.222. The summed E-state index contributed by atoms with van der Waals surface area (Å²) in [7, 11) is 0. The first-order chi connectivity index (χ1) is 6.61. The van der Waals surface area contributed by atoms with E-state index in [1.807, 2.05) is 18.2 Å². The normalized spacial score (nSPS) is 12.1. The number of primary amides is 1. The molecule has 5 heteroatoms. The highest BCUT2D eigenvalue weighted by molar-refractivity contribution is 14.1. The SMILES string of the molecule is NC(=O)OC[C@@H](O)c1ccccc1I. The monoisotopic (exact) mass is 307 g/mol. The summed E-state index contributed by atoms with van der Waals surface area (Å²) in [5, 5.41) is 9.61. The van der Waals surface area contributed by atoms with Crippen LogP contribution in [0.15, 0.2) is 24.3 Å². The minimum atomic E-state index is -0.880. The molecule has 76 valence electrons. The van der Waals surface area contributed by atoms with Crippen LogP contribution in [0.2, 0.25) is 0 Å². The minimum Gasteiger partial charge on any atom is -0.447 e. The highest BCUT2D eigenvalue weighted by Crippen LogP contribution is 2.19. The van der Waals surface area contributed by atoms with Crippen LogP contribution in [0.3, 0.4) is 0 Å². The van der Waals surface area contributed by atoms with Gasteiger partial charge in [0, 0.05) is 3.57 Å². The van der Waals surface area contributed by atoms with Crippen molar-refractivity contribution in [3.05, 3.63) is 33.4 Å². The smallest absolute Gasteiger partial charge is 0.404 e. The van der Waals surface area contributed by atoms with Gasteiger partial charge >= 0.3 is 6.09 Å². The summed E-state index contributed by atoms with van der Waals surface area (Å²) in [4.78, 5) is 10.3. The lowest BCUT2D eigenvalue weighted by atomic mass is 10.1. The Morgan fingerprint density at radius 1 is 1.57 bits per heavy atom. The average Bonchev–Trinajstić information content (AvgIpc) is 2.15. The lowest BCUT2D eigenvalue weighted by molar-refractivity contribution is 0.0725. The quantitative estimate of drug-likeness (QED) is 0.830. The summed E-state index contributed by atoms with van der Waals surface area (Å²) in [6, 6.07) is 7.32. The summed E-state index contributed by atoms with van der Waals surface area (Å²) < 4.78 is 5.42. The Morgan fingerprint density at radius 2 is 2.21 bits per heavy atom. The van der Waals surface area contributed by atoms with Crippen LogP contribution in [0, 0.1) is 3.57 Å². The Hall–Kier alpha value is -0.820. The molecule has 0 aliphatic heterocycles. The van der Waals surface area contributed by atoms with Gasteiger partial charge in [0.15, 0.2) is 0 Å². The van der Waals surface area contributed by atoms with Crippen molar-refractivity contribution in [1.29, 1.82) is 0 Å². The van der Waals surface area contributed by atoms with Crippen molar-refractivity contribution in [2.75, 3.05) is 6.61 Å². The number of aliphatic hydroxyl groups is 1. The molecule has 14 heavy (non-hydrogen) atoms. The number of rotatable bonds is 3. The van der Waals surface area contributed by atoms with Crippen LogP contribution in [0.1, 0.15) is 11.7 Å². The molecule has 0 unspecified atom stereocenters. The van der Waals surface area contributed by atoms with E-state index in [2.05, 4.69) is 27.3 Å². The van der Waals surface area contributed by atoms with Gasteiger partial charge in [-0.3, -0.25) is 0 Å². The predicted molar refractivity (Wildman–Crippen MR) is 59.7 cm³/mol. The number of ether oxygens (including phenoxy) is 1. The zero-order valence-corrected chi connectivity index (χ0v) is 9.47. The largest absolute Gasteiger partial charge is 0.447 e. The predicted octanol–water partition coefficient (Wildman–Crippen LogP) is 1.42. The molecule has 0 aromatic heterocycles. The molecule has 1 rings (SSSR count). The summed E-state index contributed by atoms with van der Waals surface area (Å²) in [5.41, 5.74) is 5.51. The van der Waals surface area contributed by atoms with Crippen molar-refractivity contribution in [3.8, 4) is 0 Å². The second kappa shape index (κ2) is 5.16. The molecule has 0 saturated carbocycles. The first kappa shape index (κ1) is 11.3. The van der Waals surface area contributed by atoms with Crippen molar-refractivity contribution in [1.82, 2.24) is 0 Å². The number of halogens is 1. The van der Waals surface area contributed by atoms with Gasteiger partial charge in [0.2, 0.25) is 0 Å². The second-order valence-corrected chi connectivity index (χ2v) is 3.83. The molecule has 1 aromatic rings. The van der Waals surface area contributed by atoms with E-state index in [1.165, 1.54) is 0 Å². The molecule has 4 nitrogen and oxygen atoms in total. The van der Waals surface area contributed by atoms with Gasteiger partial charge in [-0.1, -0.05) is 18.2 Å². The highest BCUT2D eigenvalue weighted by atomic mass is 127. The van der Waals surface area contributed by atoms with Crippen molar-refractivity contribution in [3.63, 3.8) is 0 Å². The fourth-order valence-corrected chi connectivity index (χ4v) is 1.74. The summed E-state index contributed by atoms with van der Waals surface area (Å²) >= 11 is 2.10. The fourth-order valence-electron chi connectivity index (χ4n) is 0.996. The maximum Gasteiger partial charge on any atom is 0.404 e. The average molecular weight is 307 g/mol. The van der Waals surface area contributed by atoms with Crippen molar-refractivity contribution in [2.24, 2.45) is 5.73 Å². The van der Waals surface area contributed by atoms with E-state index in [1.54, 1.807) is 6.07 Å². The first-order valence-corrected chi connectivity index (χ1v) is 5.04. The van der Waals surface area contributed by atoms with Crippen LogP contribution < -0.4 is 5.73 Å². The summed E-state index contributed by atoms with van der Waals surface area (Å²) in [6.45, 7) is -0.116. The topological polar surface area (TPSA) is 72.6 Å². The maximum absolute atomic E-state index is 10.3. The van der Waals surface area contributed by atoms with Crippen LogP contribution >= 0.6 is 22.6 Å². The number of carbonyl (C=O) groups is 1. The Bertz CT molecular complexity index is 330. The van der Waals surface area contributed by atoms with Gasteiger partial charge in [0.1, 0.15) is 12.7 Å². The molecule has 1 atom stereocenters. The number of hydrogen-bond donors (Lipinski definition) is 2. The zero-order valence-electron chi connectivity index (χ0n) is 7.31. The molecular formula is C9H10INO3. The lowest BCUT2D eigenvalue weighted by Gasteiger charge is -2.11. The highest BCUT2D eigenvalue weighted by Gasteiger charge is 2.11. The number of benzene rings is 1. The Labute approximate surface area is 95.2 Å². The van der Waals surface area contributed by atoms with E-state index in [0.717, 1.165) is 9.13 Å². The zero-order chi connectivity index (χ0) is 10.6. The molecule has 0 radical (unpaired) electrons. The standard InChI is InChI=1S/C9H10INO3/c10-7-4-2-1-3-6(7)8(12)5-14-9(11)13/h1-4,8,12H,5H2,(H2,11,13)/t8-/m1/s1. The number of amides is 1. The molecule has 0 heterocycles. The molecule has 0 saturated heterocycles. The molecule has 0 bridgehead atoms. The molecule has 0 aliphatic carbocycles. The third-order valence-corrected chi connectivity index (χ3v) is 2.63. The van der Waals surface area contributed by atoms with Crippen molar-refractivity contribution < 1.29 is 14.6 Å². The molecule has 1 aromatic carbocycles. The Morgan fingerprint density at radius 3 is 2.79 bits per heavy atom. The van der Waals surface area contributed by atoms with Gasteiger partial charge < -0.3 is 15.6 Å². The lowest BCUT2D eigenvalue weighted by Crippen LogP contribution is -2.18. The van der Waals surface area contributed by atoms with Crippen molar-refractivity contribution in [2.45, 2.75) is 6.10 Å². The second-order valence-electron chi connectivity index (χ2n) is 2.67. The third kappa shape index (κ3) is 3.15. The molecule has 3 N–H and O–H groups in total. The van der Waals surface area contributed by atoms with Gasteiger partial charge in [0.05, 0.1) is 0 Å². The molecule has 0 aliphatic rings. The van der Waals surface area contributed by atoms with Gasteiger partial charge in [0.25, 0.3) is 0 Å². The Kier molecular flexibility index (Phi) is 4.15. The van der Waals surface area contributed by atoms with Gasteiger partial charge in [-0.05, 0) is 34.2 Å². The van der Waals surface area contributed by atoms with Crippen molar-refractivity contribution >= 4 is 28.7 Å². The number of carbonyl (C=O) groups excluding carboxylic acids is 1. The van der Waals surface area contributed by atoms with Crippen LogP contribution in [0.5, 0.6) is 0 Å². The van der Waals surface area contributed by atoms with E-state index < -0.39 is 12.2 Å². The molecule has 1 amide bonds. The van der Waals surface area contributed by atoms with E-state index in [0.29, 0.717) is 0 Å². The van der Waals surface area contributed by atoms with Crippen LogP contribution in [0.25, 0.3) is 0 Å². The van der Waals surface area contributed by atoms with E-state index >= 15 is 0 Å². The van der Waals surface area contributed by atoms with Crippen LogP contribution in [0.4, 0.5) is 4.79 Å². The molecular weight excluding hydrogens is 297 g/mol. The van der Waals surface area contributed by atoms with E-state index in [9.17, 15) is 9.90 Å². The van der Waals surface area contributed by atoms with Crippen LogP contribution in [-0.2, 0) is 4.74 Å². The maximum atomic E-state index is 10.3. The van der Waals surface area contributed by atoms with Gasteiger partial charge in [-0.25, -0.2) is 4.79 Å². The van der Waals surface area contributed by atoms with Gasteiger partial charge in [-0.15, -0.1) is 0 Å². The number of aliphatic hydroxyl groups excluding tert-OH is 1. The number of hydrogen-bond acceptors (Lipinski definition) is 3. The van der Waals surface area contributed by atoms with E-state index in [4.69, 9.17) is 5.73 Å². The van der Waals surface area contributed by atoms with E-state index in [-0.39, 0.29) is 6.61 Å². The summed E-state index contributed by atoms with van der Waals surface area (Å²) in [5.74, 6) is 0. The first-order valence-electron chi connectivity index (χ1n) is 3.96. The minimum absolute atomic E-state index is 0.116.